The SMILES string of the molecule is c1ccc(CCNc2ncnc3cc(N4CCN(c5ccc6c(NCCc7ccccc7)ncnc6c5)CC4)ccc23)cc1. The average Bonchev–Trinajstić information content (AvgIpc) is 3.09. The molecule has 6 aromatic rings. The Hall–Kier alpha value is -5.24. The molecule has 0 spiro atoms. The van der Waals surface area contributed by atoms with Crippen LogP contribution in [0.1, 0.15) is 11.1 Å². The lowest BCUT2D eigenvalue weighted by Crippen LogP contribution is -2.46. The van der Waals surface area contributed by atoms with Gasteiger partial charge in [-0.25, -0.2) is 19.9 Å². The van der Waals surface area contributed by atoms with Crippen LogP contribution in [0.25, 0.3) is 21.8 Å². The molecular formula is C36H36N8. The van der Waals surface area contributed by atoms with E-state index in [1.807, 2.05) is 12.1 Å². The first-order valence-electron chi connectivity index (χ1n) is 15.4. The number of benzene rings is 4. The predicted molar refractivity (Wildman–Crippen MR) is 181 cm³/mol. The van der Waals surface area contributed by atoms with Gasteiger partial charge in [-0.2, -0.15) is 0 Å². The number of aromatic nitrogens is 4. The standard InChI is InChI=1S/C36H36N8/c1-3-7-27(8-4-1)15-17-37-35-31-13-11-29(23-33(31)39-25-41-35)43-19-21-44(22-20-43)30-12-14-32-34(24-30)40-26-42-36(32)38-18-16-28-9-5-2-6-10-28/h1-14,23-26H,15-22H2,(H,37,39,41)(H,38,40,42). The van der Waals surface area contributed by atoms with Gasteiger partial charge in [-0.05, 0) is 60.4 Å². The highest BCUT2D eigenvalue weighted by atomic mass is 15.3. The fourth-order valence-electron chi connectivity index (χ4n) is 5.93. The van der Waals surface area contributed by atoms with Crippen molar-refractivity contribution in [2.45, 2.75) is 12.8 Å². The van der Waals surface area contributed by atoms with Gasteiger partial charge in [0.25, 0.3) is 0 Å². The van der Waals surface area contributed by atoms with Crippen molar-refractivity contribution >= 4 is 44.8 Å². The predicted octanol–water partition coefficient (Wildman–Crippen LogP) is 6.21. The normalized spacial score (nSPS) is 13.4. The smallest absolute Gasteiger partial charge is 0.137 e. The van der Waals surface area contributed by atoms with Crippen LogP contribution in [-0.4, -0.2) is 59.2 Å². The van der Waals surface area contributed by atoms with Crippen molar-refractivity contribution in [3.05, 3.63) is 121 Å². The number of nitrogens with zero attached hydrogens (tertiary/aromatic N) is 6. The van der Waals surface area contributed by atoms with E-state index in [1.165, 1.54) is 22.5 Å². The Labute approximate surface area is 257 Å². The van der Waals surface area contributed by atoms with Gasteiger partial charge in [0.05, 0.1) is 11.0 Å². The average molecular weight is 581 g/mol. The van der Waals surface area contributed by atoms with Crippen molar-refractivity contribution in [2.75, 3.05) is 59.7 Å². The summed E-state index contributed by atoms with van der Waals surface area (Å²) >= 11 is 0. The first-order valence-corrected chi connectivity index (χ1v) is 15.4. The van der Waals surface area contributed by atoms with Crippen molar-refractivity contribution in [2.24, 2.45) is 0 Å². The van der Waals surface area contributed by atoms with Gasteiger partial charge in [0, 0.05) is 61.4 Å². The van der Waals surface area contributed by atoms with Crippen LogP contribution >= 0.6 is 0 Å². The second-order valence-electron chi connectivity index (χ2n) is 11.1. The summed E-state index contributed by atoms with van der Waals surface area (Å²) < 4.78 is 0. The van der Waals surface area contributed by atoms with Gasteiger partial charge in [-0.3, -0.25) is 0 Å². The van der Waals surface area contributed by atoms with Crippen LogP contribution < -0.4 is 20.4 Å². The van der Waals surface area contributed by atoms with Gasteiger partial charge in [-0.15, -0.1) is 0 Å². The molecular weight excluding hydrogens is 544 g/mol. The Balaban J connectivity index is 0.973. The molecule has 44 heavy (non-hydrogen) atoms. The maximum Gasteiger partial charge on any atom is 0.137 e. The van der Waals surface area contributed by atoms with Crippen molar-refractivity contribution in [1.82, 2.24) is 19.9 Å². The Morgan fingerprint density at radius 3 is 1.36 bits per heavy atom. The molecule has 220 valence electrons. The molecule has 0 radical (unpaired) electrons. The minimum absolute atomic E-state index is 0.826. The minimum Gasteiger partial charge on any atom is -0.369 e. The molecule has 1 fully saturated rings. The zero-order chi connectivity index (χ0) is 29.6. The molecule has 3 heterocycles. The van der Waals surface area contributed by atoms with E-state index < -0.39 is 0 Å². The minimum atomic E-state index is 0.826. The molecule has 0 bridgehead atoms. The Bertz CT molecular complexity index is 1700. The van der Waals surface area contributed by atoms with E-state index in [0.717, 1.165) is 85.6 Å². The van der Waals surface area contributed by atoms with E-state index >= 15 is 0 Å². The second-order valence-corrected chi connectivity index (χ2v) is 11.1. The monoisotopic (exact) mass is 580 g/mol. The molecule has 0 aliphatic carbocycles. The van der Waals surface area contributed by atoms with Crippen LogP contribution in [0.2, 0.25) is 0 Å². The van der Waals surface area contributed by atoms with Crippen LogP contribution in [0.4, 0.5) is 23.0 Å². The highest BCUT2D eigenvalue weighted by molar-refractivity contribution is 5.92. The summed E-state index contributed by atoms with van der Waals surface area (Å²) in [4.78, 5) is 23.1. The maximum atomic E-state index is 4.59. The summed E-state index contributed by atoms with van der Waals surface area (Å²) in [6.07, 6.45) is 5.21. The van der Waals surface area contributed by atoms with Gasteiger partial charge < -0.3 is 20.4 Å². The van der Waals surface area contributed by atoms with Crippen LogP contribution in [0.5, 0.6) is 0 Å². The summed E-state index contributed by atoms with van der Waals surface area (Å²) in [7, 11) is 0. The molecule has 1 saturated heterocycles. The number of piperazine rings is 1. The molecule has 8 heteroatoms. The van der Waals surface area contributed by atoms with E-state index in [0.29, 0.717) is 0 Å². The number of rotatable bonds is 10. The number of hydrogen-bond donors (Lipinski definition) is 2. The first kappa shape index (κ1) is 27.6. The summed E-state index contributed by atoms with van der Waals surface area (Å²) in [6.45, 7) is 5.40. The molecule has 4 aromatic carbocycles. The lowest BCUT2D eigenvalue weighted by Gasteiger charge is -2.37. The van der Waals surface area contributed by atoms with Crippen molar-refractivity contribution in [3.8, 4) is 0 Å². The molecule has 1 aliphatic heterocycles. The Morgan fingerprint density at radius 2 is 0.932 bits per heavy atom. The third-order valence-electron chi connectivity index (χ3n) is 8.35. The Morgan fingerprint density at radius 1 is 0.500 bits per heavy atom. The molecule has 2 N–H and O–H groups in total. The largest absolute Gasteiger partial charge is 0.369 e. The lowest BCUT2D eigenvalue weighted by molar-refractivity contribution is 0.654. The summed E-state index contributed by atoms with van der Waals surface area (Å²) in [5.74, 6) is 1.77. The highest BCUT2D eigenvalue weighted by Crippen LogP contribution is 2.28. The van der Waals surface area contributed by atoms with Gasteiger partial charge in [0.2, 0.25) is 0 Å². The van der Waals surface area contributed by atoms with Crippen molar-refractivity contribution < 1.29 is 0 Å². The third kappa shape index (κ3) is 6.24. The van der Waals surface area contributed by atoms with Crippen LogP contribution in [0, 0.1) is 0 Å². The number of fused-ring (bicyclic) bond motifs is 2. The molecule has 8 nitrogen and oxygen atoms in total. The third-order valence-corrected chi connectivity index (χ3v) is 8.35. The van der Waals surface area contributed by atoms with E-state index in [4.69, 9.17) is 0 Å². The van der Waals surface area contributed by atoms with Gasteiger partial charge in [0.15, 0.2) is 0 Å². The molecule has 2 aromatic heterocycles. The van der Waals surface area contributed by atoms with Crippen LogP contribution in [-0.2, 0) is 12.8 Å². The van der Waals surface area contributed by atoms with Gasteiger partial charge in [-0.1, -0.05) is 60.7 Å². The number of hydrogen-bond acceptors (Lipinski definition) is 8. The lowest BCUT2D eigenvalue weighted by atomic mass is 10.1. The summed E-state index contributed by atoms with van der Waals surface area (Å²) in [5.41, 5.74) is 6.95. The summed E-state index contributed by atoms with van der Waals surface area (Å²) in [5, 5.41) is 9.12. The Kier molecular flexibility index (Phi) is 8.12. The molecule has 7 rings (SSSR count). The number of anilines is 4. The van der Waals surface area contributed by atoms with E-state index in [2.05, 4.69) is 125 Å². The van der Waals surface area contributed by atoms with Gasteiger partial charge >= 0.3 is 0 Å². The summed E-state index contributed by atoms with van der Waals surface area (Å²) in [6, 6.07) is 34.1. The fraction of sp³-hybridized carbons (Fsp3) is 0.222. The van der Waals surface area contributed by atoms with Gasteiger partial charge in [0.1, 0.15) is 24.3 Å². The quantitative estimate of drug-likeness (QED) is 0.198. The zero-order valence-electron chi connectivity index (χ0n) is 24.7. The molecule has 0 amide bonds. The van der Waals surface area contributed by atoms with Crippen LogP contribution in [0.15, 0.2) is 110 Å². The highest BCUT2D eigenvalue weighted by Gasteiger charge is 2.19. The molecule has 1 aliphatic rings. The van der Waals surface area contributed by atoms with Crippen molar-refractivity contribution in [1.29, 1.82) is 0 Å². The van der Waals surface area contributed by atoms with E-state index in [1.54, 1.807) is 12.7 Å². The first-order chi connectivity index (χ1) is 21.8. The molecule has 0 unspecified atom stereocenters. The van der Waals surface area contributed by atoms with Crippen LogP contribution in [0.3, 0.4) is 0 Å². The number of nitrogens with one attached hydrogen (secondary N) is 2. The topological polar surface area (TPSA) is 82.1 Å². The maximum absolute atomic E-state index is 4.59. The molecule has 0 atom stereocenters. The zero-order valence-corrected chi connectivity index (χ0v) is 24.7. The van der Waals surface area contributed by atoms with E-state index in [9.17, 15) is 0 Å². The van der Waals surface area contributed by atoms with E-state index in [-0.39, 0.29) is 0 Å². The second kappa shape index (κ2) is 13.0. The van der Waals surface area contributed by atoms with Crippen molar-refractivity contribution in [3.63, 3.8) is 0 Å². The molecule has 0 saturated carbocycles. The fourth-order valence-corrected chi connectivity index (χ4v) is 5.93.